The second kappa shape index (κ2) is 11.6. The Hall–Kier alpha value is -3.22. The number of amides is 1. The van der Waals surface area contributed by atoms with Crippen LogP contribution >= 0.6 is 23.2 Å². The largest absolute Gasteiger partial charge is 0.493 e. The lowest BCUT2D eigenvalue weighted by Crippen LogP contribution is -2.24. The van der Waals surface area contributed by atoms with Gasteiger partial charge in [0.05, 0.1) is 13.3 Å². The topological polar surface area (TPSA) is 69.2 Å². The minimum atomic E-state index is -0.366. The van der Waals surface area contributed by atoms with E-state index in [4.69, 9.17) is 37.4 Å². The molecule has 3 aromatic rings. The molecule has 3 rings (SSSR count). The molecule has 3 aromatic carbocycles. The van der Waals surface area contributed by atoms with Crippen LogP contribution in [0.2, 0.25) is 10.0 Å². The first-order chi connectivity index (χ1) is 15.9. The highest BCUT2D eigenvalue weighted by Gasteiger charge is 2.10. The van der Waals surface area contributed by atoms with Crippen LogP contribution < -0.4 is 19.6 Å². The second-order valence-electron chi connectivity index (χ2n) is 7.25. The smallest absolute Gasteiger partial charge is 0.277 e. The summed E-state index contributed by atoms with van der Waals surface area (Å²) in [5.41, 5.74) is 5.96. The Kier molecular flexibility index (Phi) is 8.58. The Bertz CT molecular complexity index is 1140. The number of hydrogen-bond acceptors (Lipinski definition) is 5. The van der Waals surface area contributed by atoms with E-state index in [1.165, 1.54) is 13.3 Å². The Balaban J connectivity index is 1.55. The number of methoxy groups -OCH3 is 1. The lowest BCUT2D eigenvalue weighted by atomic mass is 10.1. The zero-order valence-corrected chi connectivity index (χ0v) is 20.0. The average molecular weight is 487 g/mol. The van der Waals surface area contributed by atoms with Crippen LogP contribution in [0.25, 0.3) is 0 Å². The molecule has 8 heteroatoms. The molecule has 6 nitrogen and oxygen atoms in total. The van der Waals surface area contributed by atoms with E-state index in [9.17, 15) is 4.79 Å². The number of nitrogens with one attached hydrogen (secondary N) is 1. The number of hydrogen-bond donors (Lipinski definition) is 1. The van der Waals surface area contributed by atoms with E-state index in [0.29, 0.717) is 38.4 Å². The van der Waals surface area contributed by atoms with E-state index in [1.807, 2.05) is 32.0 Å². The van der Waals surface area contributed by atoms with Crippen molar-refractivity contribution in [1.82, 2.24) is 5.43 Å². The number of hydrazone groups is 1. The van der Waals surface area contributed by atoms with E-state index in [1.54, 1.807) is 36.4 Å². The minimum Gasteiger partial charge on any atom is -0.493 e. The predicted molar refractivity (Wildman–Crippen MR) is 131 cm³/mol. The van der Waals surface area contributed by atoms with Gasteiger partial charge in [-0.2, -0.15) is 5.10 Å². The van der Waals surface area contributed by atoms with E-state index < -0.39 is 0 Å². The normalized spacial score (nSPS) is 10.8. The van der Waals surface area contributed by atoms with Crippen molar-refractivity contribution in [3.8, 4) is 17.2 Å². The van der Waals surface area contributed by atoms with Gasteiger partial charge >= 0.3 is 0 Å². The number of rotatable bonds is 9. The average Bonchev–Trinajstić information content (AvgIpc) is 2.78. The molecule has 0 aliphatic heterocycles. The van der Waals surface area contributed by atoms with Crippen LogP contribution in [0.15, 0.2) is 59.7 Å². The molecule has 0 heterocycles. The van der Waals surface area contributed by atoms with Gasteiger partial charge in [-0.05, 0) is 61.4 Å². The van der Waals surface area contributed by atoms with E-state index in [-0.39, 0.29) is 19.1 Å². The van der Waals surface area contributed by atoms with Gasteiger partial charge in [-0.1, -0.05) is 47.0 Å². The summed E-state index contributed by atoms with van der Waals surface area (Å²) in [6.45, 7) is 3.99. The summed E-state index contributed by atoms with van der Waals surface area (Å²) in [6.07, 6.45) is 1.51. The SMILES string of the molecule is COc1cc(C=NNC(=O)COc2ccc(C)cc2C)ccc1OCc1c(Cl)cccc1Cl. The highest BCUT2D eigenvalue weighted by molar-refractivity contribution is 6.35. The molecule has 1 N–H and O–H groups in total. The molecule has 0 spiro atoms. The van der Waals surface area contributed by atoms with Crippen LogP contribution in [0, 0.1) is 13.8 Å². The van der Waals surface area contributed by atoms with Gasteiger partial charge in [0.15, 0.2) is 18.1 Å². The molecular weight excluding hydrogens is 463 g/mol. The fourth-order valence-corrected chi connectivity index (χ4v) is 3.53. The van der Waals surface area contributed by atoms with Crippen LogP contribution in [0.5, 0.6) is 17.2 Å². The Labute approximate surface area is 203 Å². The molecule has 0 fully saturated rings. The maximum atomic E-state index is 12.0. The monoisotopic (exact) mass is 486 g/mol. The zero-order chi connectivity index (χ0) is 23.8. The number of ether oxygens (including phenoxy) is 3. The number of carbonyl (C=O) groups excluding carboxylic acids is 1. The summed E-state index contributed by atoms with van der Waals surface area (Å²) in [7, 11) is 1.54. The quantitative estimate of drug-likeness (QED) is 0.309. The minimum absolute atomic E-state index is 0.137. The van der Waals surface area contributed by atoms with Crippen molar-refractivity contribution in [3.05, 3.63) is 86.9 Å². The van der Waals surface area contributed by atoms with Crippen LogP contribution in [0.3, 0.4) is 0 Å². The van der Waals surface area contributed by atoms with Crippen molar-refractivity contribution in [2.45, 2.75) is 20.5 Å². The lowest BCUT2D eigenvalue weighted by molar-refractivity contribution is -0.123. The van der Waals surface area contributed by atoms with Crippen LogP contribution in [0.4, 0.5) is 0 Å². The molecule has 1 amide bonds. The summed E-state index contributed by atoms with van der Waals surface area (Å²) in [5.74, 6) is 1.33. The highest BCUT2D eigenvalue weighted by atomic mass is 35.5. The standard InChI is InChI=1S/C25H24Cl2N2O4/c1-16-7-9-22(17(2)11-16)33-15-25(30)29-28-13-18-8-10-23(24(12-18)31-3)32-14-19-20(26)5-4-6-21(19)27/h4-13H,14-15H2,1-3H3,(H,29,30). The summed E-state index contributed by atoms with van der Waals surface area (Å²) < 4.78 is 16.8. The van der Waals surface area contributed by atoms with Gasteiger partial charge in [-0.3, -0.25) is 4.79 Å². The van der Waals surface area contributed by atoms with E-state index in [2.05, 4.69) is 10.5 Å². The first-order valence-electron chi connectivity index (χ1n) is 10.1. The second-order valence-corrected chi connectivity index (χ2v) is 8.06. The molecule has 0 aliphatic carbocycles. The van der Waals surface area contributed by atoms with Gasteiger partial charge in [0.1, 0.15) is 12.4 Å². The van der Waals surface area contributed by atoms with Crippen molar-refractivity contribution in [1.29, 1.82) is 0 Å². The molecule has 0 aliphatic rings. The van der Waals surface area contributed by atoms with Crippen molar-refractivity contribution in [2.24, 2.45) is 5.10 Å². The third kappa shape index (κ3) is 6.88. The maximum absolute atomic E-state index is 12.0. The fraction of sp³-hybridized carbons (Fsp3) is 0.200. The van der Waals surface area contributed by atoms with Crippen LogP contribution in [0.1, 0.15) is 22.3 Å². The molecule has 172 valence electrons. The summed E-state index contributed by atoms with van der Waals surface area (Å²) in [5, 5.41) is 5.04. The van der Waals surface area contributed by atoms with Crippen molar-refractivity contribution >= 4 is 35.3 Å². The van der Waals surface area contributed by atoms with Gasteiger partial charge < -0.3 is 14.2 Å². The number of nitrogens with zero attached hydrogens (tertiary/aromatic N) is 1. The first-order valence-corrected chi connectivity index (χ1v) is 10.9. The van der Waals surface area contributed by atoms with Gasteiger partial charge in [0, 0.05) is 15.6 Å². The number of halogens is 2. The van der Waals surface area contributed by atoms with Crippen molar-refractivity contribution in [2.75, 3.05) is 13.7 Å². The molecule has 0 unspecified atom stereocenters. The highest BCUT2D eigenvalue weighted by Crippen LogP contribution is 2.31. The molecule has 33 heavy (non-hydrogen) atoms. The van der Waals surface area contributed by atoms with Crippen LogP contribution in [-0.4, -0.2) is 25.8 Å². The third-order valence-corrected chi connectivity index (χ3v) is 5.42. The summed E-state index contributed by atoms with van der Waals surface area (Å²) >= 11 is 12.4. The zero-order valence-electron chi connectivity index (χ0n) is 18.5. The Morgan fingerprint density at radius 3 is 2.39 bits per heavy atom. The molecular formula is C25H24Cl2N2O4. The molecule has 0 saturated heterocycles. The summed E-state index contributed by atoms with van der Waals surface area (Å²) in [4.78, 5) is 12.0. The molecule has 0 radical (unpaired) electrons. The third-order valence-electron chi connectivity index (χ3n) is 4.71. The van der Waals surface area contributed by atoms with Gasteiger partial charge in [0.2, 0.25) is 0 Å². The maximum Gasteiger partial charge on any atom is 0.277 e. The van der Waals surface area contributed by atoms with Crippen LogP contribution in [-0.2, 0) is 11.4 Å². The number of carbonyl (C=O) groups is 1. The number of aryl methyl sites for hydroxylation is 2. The van der Waals surface area contributed by atoms with Gasteiger partial charge in [-0.15, -0.1) is 0 Å². The van der Waals surface area contributed by atoms with Crippen molar-refractivity contribution in [3.63, 3.8) is 0 Å². The lowest BCUT2D eigenvalue weighted by Gasteiger charge is -2.13. The summed E-state index contributed by atoms with van der Waals surface area (Å²) in [6, 6.07) is 16.3. The van der Waals surface area contributed by atoms with E-state index >= 15 is 0 Å². The molecule has 0 atom stereocenters. The number of benzene rings is 3. The van der Waals surface area contributed by atoms with Gasteiger partial charge in [-0.25, -0.2) is 5.43 Å². The fourth-order valence-electron chi connectivity index (χ4n) is 3.02. The Morgan fingerprint density at radius 1 is 0.970 bits per heavy atom. The molecule has 0 aromatic heterocycles. The van der Waals surface area contributed by atoms with Crippen molar-refractivity contribution < 1.29 is 19.0 Å². The molecule has 0 bridgehead atoms. The molecule has 0 saturated carbocycles. The van der Waals surface area contributed by atoms with E-state index in [0.717, 1.165) is 11.1 Å². The Morgan fingerprint density at radius 2 is 1.70 bits per heavy atom. The predicted octanol–water partition coefficient (Wildman–Crippen LogP) is 5.73. The van der Waals surface area contributed by atoms with Gasteiger partial charge in [0.25, 0.3) is 5.91 Å². The first kappa shape index (κ1) is 24.4.